The molecule has 0 aliphatic rings. The van der Waals surface area contributed by atoms with Gasteiger partial charge in [-0.3, -0.25) is 0 Å². The van der Waals surface area contributed by atoms with Crippen LogP contribution >= 0.6 is 23.2 Å². The molecule has 0 atom stereocenters. The first-order valence-electron chi connectivity index (χ1n) is 6.26. The lowest BCUT2D eigenvalue weighted by atomic mass is 10.2. The monoisotopic (exact) mass is 315 g/mol. The lowest BCUT2D eigenvalue weighted by Gasteiger charge is -2.11. The van der Waals surface area contributed by atoms with E-state index in [1.165, 1.54) is 0 Å². The van der Waals surface area contributed by atoms with Crippen molar-refractivity contribution >= 4 is 23.2 Å². The van der Waals surface area contributed by atoms with Crippen molar-refractivity contribution in [2.45, 2.75) is 32.9 Å². The molecule has 0 bridgehead atoms. The standard InChI is InChI=1S/C13H15Cl2N3O2/c1-2-3-12-17-11(18-20-12)7-19-13-8(6-16)4-9(14)5-10(13)15/h4-5H,2-3,6-7,16H2,1H3. The second kappa shape index (κ2) is 6.92. The van der Waals surface area contributed by atoms with Gasteiger partial charge in [0.05, 0.1) is 5.02 Å². The van der Waals surface area contributed by atoms with Crippen molar-refractivity contribution in [2.24, 2.45) is 5.73 Å². The highest BCUT2D eigenvalue weighted by Gasteiger charge is 2.12. The minimum atomic E-state index is 0.168. The van der Waals surface area contributed by atoms with Crippen molar-refractivity contribution in [3.8, 4) is 5.75 Å². The number of benzene rings is 1. The Bertz CT molecular complexity index is 587. The topological polar surface area (TPSA) is 74.2 Å². The average Bonchev–Trinajstić information content (AvgIpc) is 2.85. The summed E-state index contributed by atoms with van der Waals surface area (Å²) >= 11 is 12.0. The van der Waals surface area contributed by atoms with Gasteiger partial charge in [0.15, 0.2) is 6.61 Å². The third kappa shape index (κ3) is 3.62. The van der Waals surface area contributed by atoms with Gasteiger partial charge in [-0.05, 0) is 18.6 Å². The molecule has 2 aromatic rings. The van der Waals surface area contributed by atoms with Crippen molar-refractivity contribution in [2.75, 3.05) is 0 Å². The Morgan fingerprint density at radius 1 is 1.35 bits per heavy atom. The van der Waals surface area contributed by atoms with E-state index in [2.05, 4.69) is 10.1 Å². The van der Waals surface area contributed by atoms with Crippen LogP contribution < -0.4 is 10.5 Å². The van der Waals surface area contributed by atoms with E-state index in [9.17, 15) is 0 Å². The zero-order valence-corrected chi connectivity index (χ0v) is 12.5. The summed E-state index contributed by atoms with van der Waals surface area (Å²) in [5.74, 6) is 1.58. The first kappa shape index (κ1) is 15.1. The number of rotatable bonds is 6. The number of nitrogens with zero attached hydrogens (tertiary/aromatic N) is 2. The predicted octanol–water partition coefficient (Wildman–Crippen LogP) is 3.37. The molecule has 0 aliphatic carbocycles. The maximum atomic E-state index is 6.11. The maximum absolute atomic E-state index is 6.11. The first-order chi connectivity index (χ1) is 9.63. The van der Waals surface area contributed by atoms with Crippen LogP contribution in [-0.4, -0.2) is 10.1 Å². The summed E-state index contributed by atoms with van der Waals surface area (Å²) in [4.78, 5) is 4.21. The molecule has 5 nitrogen and oxygen atoms in total. The molecular weight excluding hydrogens is 301 g/mol. The summed E-state index contributed by atoms with van der Waals surface area (Å²) in [6, 6.07) is 3.33. The van der Waals surface area contributed by atoms with Gasteiger partial charge >= 0.3 is 0 Å². The van der Waals surface area contributed by atoms with E-state index >= 15 is 0 Å². The molecule has 0 spiro atoms. The Hall–Kier alpha value is -1.30. The number of nitrogens with two attached hydrogens (primary N) is 1. The molecule has 0 unspecified atom stereocenters. The Balaban J connectivity index is 2.10. The van der Waals surface area contributed by atoms with E-state index in [-0.39, 0.29) is 13.2 Å². The van der Waals surface area contributed by atoms with Gasteiger partial charge in [0, 0.05) is 23.6 Å². The molecule has 0 amide bonds. The summed E-state index contributed by atoms with van der Waals surface area (Å²) in [5.41, 5.74) is 6.39. The molecule has 0 fully saturated rings. The Labute approximate surface area is 127 Å². The lowest BCUT2D eigenvalue weighted by molar-refractivity contribution is 0.282. The first-order valence-corrected chi connectivity index (χ1v) is 7.01. The molecule has 20 heavy (non-hydrogen) atoms. The summed E-state index contributed by atoms with van der Waals surface area (Å²) in [7, 11) is 0. The van der Waals surface area contributed by atoms with Gasteiger partial charge in [-0.25, -0.2) is 0 Å². The van der Waals surface area contributed by atoms with Crippen LogP contribution in [0, 0.1) is 0 Å². The van der Waals surface area contributed by atoms with Crippen LogP contribution in [0.25, 0.3) is 0 Å². The summed E-state index contributed by atoms with van der Waals surface area (Å²) in [6.07, 6.45) is 1.70. The number of hydrogen-bond donors (Lipinski definition) is 1. The van der Waals surface area contributed by atoms with Crippen LogP contribution in [0.1, 0.15) is 30.6 Å². The zero-order chi connectivity index (χ0) is 14.5. The van der Waals surface area contributed by atoms with Crippen LogP contribution in [-0.2, 0) is 19.6 Å². The van der Waals surface area contributed by atoms with Gasteiger partial charge in [-0.2, -0.15) is 4.98 Å². The van der Waals surface area contributed by atoms with Crippen LogP contribution in [0.5, 0.6) is 5.75 Å². The van der Waals surface area contributed by atoms with Crippen LogP contribution in [0.4, 0.5) is 0 Å². The van der Waals surface area contributed by atoms with Gasteiger partial charge in [-0.15, -0.1) is 0 Å². The van der Waals surface area contributed by atoms with E-state index < -0.39 is 0 Å². The van der Waals surface area contributed by atoms with Crippen molar-refractivity contribution in [3.63, 3.8) is 0 Å². The molecular formula is C13H15Cl2N3O2. The quantitative estimate of drug-likeness (QED) is 0.884. The Morgan fingerprint density at radius 2 is 2.15 bits per heavy atom. The highest BCUT2D eigenvalue weighted by Crippen LogP contribution is 2.32. The highest BCUT2D eigenvalue weighted by atomic mass is 35.5. The molecule has 108 valence electrons. The SMILES string of the molecule is CCCc1nc(COc2c(Cl)cc(Cl)cc2CN)no1. The number of aromatic nitrogens is 2. The minimum absolute atomic E-state index is 0.168. The molecule has 0 saturated carbocycles. The molecule has 1 aromatic heterocycles. The Morgan fingerprint density at radius 3 is 2.85 bits per heavy atom. The van der Waals surface area contributed by atoms with Crippen LogP contribution in [0.15, 0.2) is 16.7 Å². The molecule has 0 aliphatic heterocycles. The van der Waals surface area contributed by atoms with E-state index in [4.69, 9.17) is 38.2 Å². The molecule has 1 heterocycles. The van der Waals surface area contributed by atoms with E-state index in [1.807, 2.05) is 6.92 Å². The second-order valence-electron chi connectivity index (χ2n) is 4.22. The van der Waals surface area contributed by atoms with E-state index in [0.29, 0.717) is 27.5 Å². The average molecular weight is 316 g/mol. The van der Waals surface area contributed by atoms with Crippen molar-refractivity contribution in [1.82, 2.24) is 10.1 Å². The van der Waals surface area contributed by atoms with Gasteiger partial charge in [0.1, 0.15) is 5.75 Å². The maximum Gasteiger partial charge on any atom is 0.226 e. The largest absolute Gasteiger partial charge is 0.484 e. The fraction of sp³-hybridized carbons (Fsp3) is 0.385. The normalized spacial score (nSPS) is 10.8. The number of aryl methyl sites for hydroxylation is 1. The molecule has 0 radical (unpaired) electrons. The molecule has 2 N–H and O–H groups in total. The predicted molar refractivity (Wildman–Crippen MR) is 77.0 cm³/mol. The number of ether oxygens (including phenoxy) is 1. The number of hydrogen-bond acceptors (Lipinski definition) is 5. The molecule has 1 aromatic carbocycles. The zero-order valence-electron chi connectivity index (χ0n) is 11.0. The smallest absolute Gasteiger partial charge is 0.226 e. The van der Waals surface area contributed by atoms with Crippen LogP contribution in [0.3, 0.4) is 0 Å². The second-order valence-corrected chi connectivity index (χ2v) is 5.07. The Kier molecular flexibility index (Phi) is 5.23. The summed E-state index contributed by atoms with van der Waals surface area (Å²) in [5, 5.41) is 4.77. The fourth-order valence-electron chi connectivity index (χ4n) is 1.73. The van der Waals surface area contributed by atoms with Crippen molar-refractivity contribution in [1.29, 1.82) is 0 Å². The van der Waals surface area contributed by atoms with Gasteiger partial charge in [-0.1, -0.05) is 35.3 Å². The molecule has 2 rings (SSSR count). The fourth-order valence-corrected chi connectivity index (χ4v) is 2.32. The van der Waals surface area contributed by atoms with E-state index in [0.717, 1.165) is 18.4 Å². The third-order valence-electron chi connectivity index (χ3n) is 2.62. The molecule has 0 saturated heterocycles. The summed E-state index contributed by atoms with van der Waals surface area (Å²) in [6.45, 7) is 2.49. The van der Waals surface area contributed by atoms with Gasteiger partial charge in [0.25, 0.3) is 0 Å². The number of halogens is 2. The van der Waals surface area contributed by atoms with Crippen molar-refractivity contribution in [3.05, 3.63) is 39.5 Å². The van der Waals surface area contributed by atoms with Crippen LogP contribution in [0.2, 0.25) is 10.0 Å². The van der Waals surface area contributed by atoms with Gasteiger partial charge < -0.3 is 15.0 Å². The van der Waals surface area contributed by atoms with Crippen molar-refractivity contribution < 1.29 is 9.26 Å². The lowest BCUT2D eigenvalue weighted by Crippen LogP contribution is -2.04. The highest BCUT2D eigenvalue weighted by molar-refractivity contribution is 6.35. The summed E-state index contributed by atoms with van der Waals surface area (Å²) < 4.78 is 10.7. The molecule has 7 heteroatoms. The van der Waals surface area contributed by atoms with E-state index in [1.54, 1.807) is 12.1 Å². The third-order valence-corrected chi connectivity index (χ3v) is 3.12. The minimum Gasteiger partial charge on any atom is -0.484 e. The van der Waals surface area contributed by atoms with Gasteiger partial charge in [0.2, 0.25) is 11.7 Å².